The van der Waals surface area contributed by atoms with Crippen molar-refractivity contribution in [1.29, 1.82) is 0 Å². The van der Waals surface area contributed by atoms with Crippen molar-refractivity contribution in [2.24, 2.45) is 5.73 Å². The van der Waals surface area contributed by atoms with Gasteiger partial charge in [-0.15, -0.1) is 0 Å². The number of amides is 1. The summed E-state index contributed by atoms with van der Waals surface area (Å²) in [7, 11) is 0. The number of cyclic esters (lactones) is 1. The number of ether oxygens (including phenoxy) is 2. The van der Waals surface area contributed by atoms with Crippen molar-refractivity contribution < 1.29 is 23.8 Å². The third-order valence-corrected chi connectivity index (χ3v) is 4.11. The Hall–Kier alpha value is -2.84. The van der Waals surface area contributed by atoms with E-state index in [0.717, 1.165) is 5.69 Å². The molecule has 1 saturated heterocycles. The second kappa shape index (κ2) is 8.70. The van der Waals surface area contributed by atoms with Crippen LogP contribution in [0.15, 0.2) is 48.5 Å². The molecule has 0 aliphatic carbocycles. The van der Waals surface area contributed by atoms with Crippen LogP contribution in [0.25, 0.3) is 0 Å². The van der Waals surface area contributed by atoms with Crippen LogP contribution < -0.4 is 20.7 Å². The van der Waals surface area contributed by atoms with Gasteiger partial charge in [-0.3, -0.25) is 4.90 Å². The SMILES string of the molecule is NC[C@@H]1CN(c2ccc(OCC(O)CNc3ccccc3)c(F)c2)C(=O)O1. The molecule has 0 spiro atoms. The van der Waals surface area contributed by atoms with Crippen molar-refractivity contribution in [2.45, 2.75) is 12.2 Å². The van der Waals surface area contributed by atoms with E-state index in [-0.39, 0.29) is 32.0 Å². The predicted molar refractivity (Wildman–Crippen MR) is 99.5 cm³/mol. The summed E-state index contributed by atoms with van der Waals surface area (Å²) in [5.41, 5.74) is 6.74. The summed E-state index contributed by atoms with van der Waals surface area (Å²) in [6, 6.07) is 13.6. The third-order valence-electron chi connectivity index (χ3n) is 4.11. The molecule has 0 saturated carbocycles. The zero-order valence-electron chi connectivity index (χ0n) is 14.7. The first-order valence-electron chi connectivity index (χ1n) is 8.64. The van der Waals surface area contributed by atoms with E-state index < -0.39 is 24.1 Å². The number of benzene rings is 2. The minimum absolute atomic E-state index is 0.000417. The molecular formula is C19H22FN3O4. The van der Waals surface area contributed by atoms with Crippen LogP contribution in [-0.2, 0) is 4.74 Å². The van der Waals surface area contributed by atoms with Crippen LogP contribution in [0.1, 0.15) is 0 Å². The highest BCUT2D eigenvalue weighted by atomic mass is 19.1. The fourth-order valence-corrected chi connectivity index (χ4v) is 2.67. The van der Waals surface area contributed by atoms with Crippen molar-refractivity contribution >= 4 is 17.5 Å². The van der Waals surface area contributed by atoms with Gasteiger partial charge in [-0.1, -0.05) is 18.2 Å². The number of nitrogens with one attached hydrogen (secondary N) is 1. The first-order chi connectivity index (χ1) is 13.1. The summed E-state index contributed by atoms with van der Waals surface area (Å²) in [4.78, 5) is 13.1. The molecule has 8 heteroatoms. The van der Waals surface area contributed by atoms with Gasteiger partial charge < -0.3 is 25.6 Å². The Kier molecular flexibility index (Phi) is 6.10. The lowest BCUT2D eigenvalue weighted by Crippen LogP contribution is -2.27. The molecule has 2 atom stereocenters. The lowest BCUT2D eigenvalue weighted by molar-refractivity contribution is 0.115. The molecule has 1 aliphatic heterocycles. The predicted octanol–water partition coefficient (Wildman–Crippen LogP) is 1.96. The first kappa shape index (κ1) is 18.9. The Morgan fingerprint density at radius 2 is 2.11 bits per heavy atom. The monoisotopic (exact) mass is 375 g/mol. The Morgan fingerprint density at radius 3 is 2.78 bits per heavy atom. The zero-order valence-corrected chi connectivity index (χ0v) is 14.7. The van der Waals surface area contributed by atoms with Crippen molar-refractivity contribution in [3.05, 3.63) is 54.3 Å². The molecule has 1 fully saturated rings. The van der Waals surface area contributed by atoms with Crippen LogP contribution in [0.4, 0.5) is 20.6 Å². The van der Waals surface area contributed by atoms with Crippen LogP contribution >= 0.6 is 0 Å². The molecule has 1 aliphatic rings. The average molecular weight is 375 g/mol. The van der Waals surface area contributed by atoms with Crippen molar-refractivity contribution in [2.75, 3.05) is 36.5 Å². The maximum atomic E-state index is 14.3. The van der Waals surface area contributed by atoms with Gasteiger partial charge in [0.1, 0.15) is 18.8 Å². The van der Waals surface area contributed by atoms with E-state index in [4.69, 9.17) is 15.2 Å². The Balaban J connectivity index is 1.53. The quantitative estimate of drug-likeness (QED) is 0.653. The van der Waals surface area contributed by atoms with Gasteiger partial charge in [0.2, 0.25) is 0 Å². The summed E-state index contributed by atoms with van der Waals surface area (Å²) >= 11 is 0. The second-order valence-electron chi connectivity index (χ2n) is 6.18. The van der Waals surface area contributed by atoms with Crippen LogP contribution in [0.3, 0.4) is 0 Å². The number of nitrogens with zero attached hydrogens (tertiary/aromatic N) is 1. The molecule has 0 radical (unpaired) electrons. The first-order valence-corrected chi connectivity index (χ1v) is 8.64. The molecule has 2 aromatic carbocycles. The molecule has 0 aromatic heterocycles. The third kappa shape index (κ3) is 4.87. The van der Waals surface area contributed by atoms with Gasteiger partial charge in [0.25, 0.3) is 0 Å². The summed E-state index contributed by atoms with van der Waals surface area (Å²) in [6.07, 6.45) is -1.77. The Labute approximate surface area is 156 Å². The van der Waals surface area contributed by atoms with E-state index in [1.165, 1.54) is 17.0 Å². The van der Waals surface area contributed by atoms with Crippen LogP contribution in [-0.4, -0.2) is 49.6 Å². The van der Waals surface area contributed by atoms with Gasteiger partial charge in [0.05, 0.1) is 12.2 Å². The van der Waals surface area contributed by atoms with Crippen LogP contribution in [0.2, 0.25) is 0 Å². The molecule has 4 N–H and O–H groups in total. The second-order valence-corrected chi connectivity index (χ2v) is 6.18. The van der Waals surface area contributed by atoms with E-state index in [0.29, 0.717) is 5.69 Å². The topological polar surface area (TPSA) is 97.0 Å². The van der Waals surface area contributed by atoms with Gasteiger partial charge >= 0.3 is 6.09 Å². The number of nitrogens with two attached hydrogens (primary N) is 1. The Morgan fingerprint density at radius 1 is 1.33 bits per heavy atom. The number of para-hydroxylation sites is 1. The standard InChI is InChI=1S/C19H22FN3O4/c20-17-8-14(23-11-16(9-21)27-19(23)25)6-7-18(17)26-12-15(24)10-22-13-4-2-1-3-5-13/h1-8,15-16,22,24H,9-12,21H2/t15?,16-/m1/s1. The van der Waals surface area contributed by atoms with E-state index >= 15 is 0 Å². The molecule has 2 aromatic rings. The maximum absolute atomic E-state index is 14.3. The number of aliphatic hydroxyl groups excluding tert-OH is 1. The normalized spacial score (nSPS) is 17.5. The molecule has 27 heavy (non-hydrogen) atoms. The number of aliphatic hydroxyl groups is 1. The number of halogens is 1. The largest absolute Gasteiger partial charge is 0.488 e. The van der Waals surface area contributed by atoms with E-state index in [2.05, 4.69) is 5.32 Å². The molecule has 7 nitrogen and oxygen atoms in total. The minimum atomic E-state index is -0.817. The van der Waals surface area contributed by atoms with Crippen molar-refractivity contribution in [3.8, 4) is 5.75 Å². The number of rotatable bonds is 8. The highest BCUT2D eigenvalue weighted by molar-refractivity contribution is 5.89. The van der Waals surface area contributed by atoms with Gasteiger partial charge in [0.15, 0.2) is 11.6 Å². The summed E-state index contributed by atoms with van der Waals surface area (Å²) in [6.45, 7) is 0.681. The van der Waals surface area contributed by atoms with Gasteiger partial charge in [-0.05, 0) is 24.3 Å². The molecule has 1 heterocycles. The maximum Gasteiger partial charge on any atom is 0.414 e. The fourth-order valence-electron chi connectivity index (χ4n) is 2.67. The molecule has 144 valence electrons. The summed E-state index contributed by atoms with van der Waals surface area (Å²) < 4.78 is 24.7. The zero-order chi connectivity index (χ0) is 19.2. The van der Waals surface area contributed by atoms with Gasteiger partial charge in [0, 0.05) is 24.8 Å². The van der Waals surface area contributed by atoms with E-state index in [1.54, 1.807) is 6.07 Å². The molecule has 0 bridgehead atoms. The Bertz CT molecular complexity index is 775. The average Bonchev–Trinajstić information content (AvgIpc) is 3.07. The fraction of sp³-hybridized carbons (Fsp3) is 0.316. The smallest absolute Gasteiger partial charge is 0.414 e. The van der Waals surface area contributed by atoms with Crippen LogP contribution in [0.5, 0.6) is 5.75 Å². The summed E-state index contributed by atoms with van der Waals surface area (Å²) in [5.74, 6) is -0.625. The van der Waals surface area contributed by atoms with Gasteiger partial charge in [-0.25, -0.2) is 9.18 Å². The molecule has 1 amide bonds. The summed E-state index contributed by atoms with van der Waals surface area (Å²) in [5, 5.41) is 13.1. The number of anilines is 2. The van der Waals surface area contributed by atoms with E-state index in [9.17, 15) is 14.3 Å². The van der Waals surface area contributed by atoms with Crippen molar-refractivity contribution in [1.82, 2.24) is 0 Å². The number of hydrogen-bond donors (Lipinski definition) is 3. The minimum Gasteiger partial charge on any atom is -0.488 e. The molecular weight excluding hydrogens is 353 g/mol. The highest BCUT2D eigenvalue weighted by Gasteiger charge is 2.31. The van der Waals surface area contributed by atoms with E-state index in [1.807, 2.05) is 30.3 Å². The van der Waals surface area contributed by atoms with Gasteiger partial charge in [-0.2, -0.15) is 0 Å². The molecule has 1 unspecified atom stereocenters. The highest BCUT2D eigenvalue weighted by Crippen LogP contribution is 2.27. The number of carbonyl (C=O) groups is 1. The lowest BCUT2D eigenvalue weighted by Gasteiger charge is -2.16. The number of hydrogen-bond acceptors (Lipinski definition) is 6. The van der Waals surface area contributed by atoms with Crippen LogP contribution in [0, 0.1) is 5.82 Å². The number of carbonyl (C=O) groups excluding carboxylic acids is 1. The lowest BCUT2D eigenvalue weighted by atomic mass is 10.2. The van der Waals surface area contributed by atoms with Crippen molar-refractivity contribution in [3.63, 3.8) is 0 Å². The molecule has 3 rings (SSSR count).